The van der Waals surface area contributed by atoms with Gasteiger partial charge in [-0.15, -0.1) is 0 Å². The second-order valence-electron chi connectivity index (χ2n) is 5.34. The minimum atomic E-state index is -1.09. The molecule has 0 saturated heterocycles. The molecule has 0 bridgehead atoms. The van der Waals surface area contributed by atoms with E-state index < -0.39 is 17.7 Å². The lowest BCUT2D eigenvalue weighted by atomic mass is 9.91. The third-order valence-electron chi connectivity index (χ3n) is 3.58. The van der Waals surface area contributed by atoms with Gasteiger partial charge in [-0.25, -0.2) is 8.78 Å². The Morgan fingerprint density at radius 3 is 1.90 bits per heavy atom. The molecule has 1 N–H and O–H groups in total. The minimum Gasteiger partial charge on any atom is -0.384 e. The normalized spacial score (nSPS) is 12.6. The first-order chi connectivity index (χ1) is 9.31. The van der Waals surface area contributed by atoms with Crippen LogP contribution in [0.5, 0.6) is 0 Å². The summed E-state index contributed by atoms with van der Waals surface area (Å²) in [6.45, 7) is 7.29. The van der Waals surface area contributed by atoms with Gasteiger partial charge in [-0.1, -0.05) is 17.7 Å². The number of aliphatic hydroxyl groups is 1. The maximum Gasteiger partial charge on any atom is 0.132 e. The molecule has 0 radical (unpaired) electrons. The van der Waals surface area contributed by atoms with Crippen LogP contribution in [0.3, 0.4) is 0 Å². The van der Waals surface area contributed by atoms with Crippen molar-refractivity contribution >= 4 is 0 Å². The number of rotatable bonds is 2. The Hall–Kier alpha value is -1.74. The molecule has 0 heterocycles. The highest BCUT2D eigenvalue weighted by atomic mass is 19.1. The maximum absolute atomic E-state index is 13.9. The zero-order valence-corrected chi connectivity index (χ0v) is 12.1. The summed E-state index contributed by atoms with van der Waals surface area (Å²) in [5, 5.41) is 10.5. The van der Waals surface area contributed by atoms with Crippen molar-refractivity contribution in [1.29, 1.82) is 0 Å². The number of hydrogen-bond donors (Lipinski definition) is 1. The van der Waals surface area contributed by atoms with Crippen LogP contribution in [0.25, 0.3) is 0 Å². The Kier molecular flexibility index (Phi) is 3.91. The second kappa shape index (κ2) is 5.33. The van der Waals surface area contributed by atoms with Crippen LogP contribution in [-0.2, 0) is 0 Å². The Morgan fingerprint density at radius 2 is 1.35 bits per heavy atom. The van der Waals surface area contributed by atoms with Crippen LogP contribution in [-0.4, -0.2) is 5.11 Å². The quantitative estimate of drug-likeness (QED) is 0.868. The number of halogens is 2. The molecular formula is C17H18F2O. The van der Waals surface area contributed by atoms with Gasteiger partial charge in [0.2, 0.25) is 0 Å². The van der Waals surface area contributed by atoms with Crippen molar-refractivity contribution < 1.29 is 13.9 Å². The molecule has 2 aromatic carbocycles. The SMILES string of the molecule is Cc1cc(C)c(C(O)c2cc(C)c(F)cc2F)c(C)c1. The predicted molar refractivity (Wildman–Crippen MR) is 75.8 cm³/mol. The summed E-state index contributed by atoms with van der Waals surface area (Å²) in [6.07, 6.45) is -1.09. The van der Waals surface area contributed by atoms with E-state index in [0.29, 0.717) is 11.1 Å². The monoisotopic (exact) mass is 276 g/mol. The van der Waals surface area contributed by atoms with Crippen LogP contribution in [0.2, 0.25) is 0 Å². The lowest BCUT2D eigenvalue weighted by Gasteiger charge is -2.19. The van der Waals surface area contributed by atoms with E-state index in [1.54, 1.807) is 6.92 Å². The number of aryl methyl sites for hydroxylation is 4. The average Bonchev–Trinajstić information content (AvgIpc) is 2.32. The summed E-state index contributed by atoms with van der Waals surface area (Å²) < 4.78 is 27.2. The summed E-state index contributed by atoms with van der Waals surface area (Å²) in [7, 11) is 0. The standard InChI is InChI=1S/C17H18F2O/c1-9-5-11(3)16(12(4)6-9)17(20)13-7-10(2)14(18)8-15(13)19/h5-8,17,20H,1-4H3. The van der Waals surface area contributed by atoms with Crippen molar-refractivity contribution in [1.82, 2.24) is 0 Å². The Labute approximate surface area is 117 Å². The van der Waals surface area contributed by atoms with Crippen molar-refractivity contribution in [2.45, 2.75) is 33.8 Å². The van der Waals surface area contributed by atoms with Gasteiger partial charge in [0.1, 0.15) is 17.7 Å². The van der Waals surface area contributed by atoms with Gasteiger partial charge in [0.15, 0.2) is 0 Å². The van der Waals surface area contributed by atoms with E-state index in [4.69, 9.17) is 0 Å². The van der Waals surface area contributed by atoms with Gasteiger partial charge >= 0.3 is 0 Å². The van der Waals surface area contributed by atoms with Crippen molar-refractivity contribution in [3.05, 3.63) is 69.3 Å². The van der Waals surface area contributed by atoms with E-state index in [2.05, 4.69) is 0 Å². The molecule has 2 aromatic rings. The molecule has 2 rings (SSSR count). The Bertz CT molecular complexity index is 639. The van der Waals surface area contributed by atoms with Crippen LogP contribution in [0, 0.1) is 39.3 Å². The van der Waals surface area contributed by atoms with Crippen molar-refractivity contribution in [3.63, 3.8) is 0 Å². The summed E-state index contributed by atoms with van der Waals surface area (Å²) in [5.74, 6) is -1.32. The highest BCUT2D eigenvalue weighted by molar-refractivity contribution is 5.44. The first kappa shape index (κ1) is 14.7. The van der Waals surface area contributed by atoms with Gasteiger partial charge in [0.25, 0.3) is 0 Å². The highest BCUT2D eigenvalue weighted by Crippen LogP contribution is 2.31. The molecule has 0 aliphatic rings. The van der Waals surface area contributed by atoms with Crippen molar-refractivity contribution in [3.8, 4) is 0 Å². The van der Waals surface area contributed by atoms with Gasteiger partial charge in [-0.05, 0) is 56.0 Å². The molecule has 0 aliphatic heterocycles. The summed E-state index contributed by atoms with van der Waals surface area (Å²) in [5.41, 5.74) is 4.00. The lowest BCUT2D eigenvalue weighted by Crippen LogP contribution is -2.08. The van der Waals surface area contributed by atoms with Crippen LogP contribution >= 0.6 is 0 Å². The maximum atomic E-state index is 13.9. The van der Waals surface area contributed by atoms with Crippen LogP contribution < -0.4 is 0 Å². The lowest BCUT2D eigenvalue weighted by molar-refractivity contribution is 0.213. The third kappa shape index (κ3) is 2.59. The van der Waals surface area contributed by atoms with Gasteiger partial charge in [0.05, 0.1) is 0 Å². The number of aliphatic hydroxyl groups excluding tert-OH is 1. The fourth-order valence-electron chi connectivity index (χ4n) is 2.67. The summed E-state index contributed by atoms with van der Waals surface area (Å²) in [6, 6.07) is 6.08. The molecule has 3 heteroatoms. The van der Waals surface area contributed by atoms with Crippen molar-refractivity contribution in [2.75, 3.05) is 0 Å². The Balaban J connectivity index is 2.57. The molecule has 0 saturated carbocycles. The topological polar surface area (TPSA) is 20.2 Å². The van der Waals surface area contributed by atoms with E-state index in [-0.39, 0.29) is 5.56 Å². The molecule has 0 spiro atoms. The van der Waals surface area contributed by atoms with Crippen molar-refractivity contribution in [2.24, 2.45) is 0 Å². The molecule has 1 unspecified atom stereocenters. The van der Waals surface area contributed by atoms with Gasteiger partial charge < -0.3 is 5.11 Å². The number of benzene rings is 2. The fourth-order valence-corrected chi connectivity index (χ4v) is 2.67. The molecule has 20 heavy (non-hydrogen) atoms. The molecule has 1 atom stereocenters. The van der Waals surface area contributed by atoms with Gasteiger partial charge in [-0.3, -0.25) is 0 Å². The summed E-state index contributed by atoms with van der Waals surface area (Å²) in [4.78, 5) is 0. The first-order valence-electron chi connectivity index (χ1n) is 6.52. The molecule has 0 amide bonds. The fraction of sp³-hybridized carbons (Fsp3) is 0.294. The molecular weight excluding hydrogens is 258 g/mol. The zero-order chi connectivity index (χ0) is 15.0. The molecule has 0 fully saturated rings. The third-order valence-corrected chi connectivity index (χ3v) is 3.58. The molecule has 0 aromatic heterocycles. The molecule has 0 aliphatic carbocycles. The number of hydrogen-bond acceptors (Lipinski definition) is 1. The van der Waals surface area contributed by atoms with E-state index in [1.165, 1.54) is 6.07 Å². The van der Waals surface area contributed by atoms with E-state index in [1.807, 2.05) is 32.9 Å². The molecule has 1 nitrogen and oxygen atoms in total. The second-order valence-corrected chi connectivity index (χ2v) is 5.34. The minimum absolute atomic E-state index is 0.110. The van der Waals surface area contributed by atoms with E-state index in [0.717, 1.165) is 22.8 Å². The molecule has 106 valence electrons. The van der Waals surface area contributed by atoms with Crippen LogP contribution in [0.4, 0.5) is 8.78 Å². The predicted octanol–water partition coefficient (Wildman–Crippen LogP) is 4.28. The highest BCUT2D eigenvalue weighted by Gasteiger charge is 2.20. The van der Waals surface area contributed by atoms with E-state index >= 15 is 0 Å². The van der Waals surface area contributed by atoms with E-state index in [9.17, 15) is 13.9 Å². The van der Waals surface area contributed by atoms with Gasteiger partial charge in [0, 0.05) is 11.6 Å². The van der Waals surface area contributed by atoms with Gasteiger partial charge in [-0.2, -0.15) is 0 Å². The largest absolute Gasteiger partial charge is 0.384 e. The Morgan fingerprint density at radius 1 is 0.800 bits per heavy atom. The van der Waals surface area contributed by atoms with Crippen LogP contribution in [0.1, 0.15) is 39.5 Å². The summed E-state index contributed by atoms with van der Waals surface area (Å²) >= 11 is 0. The van der Waals surface area contributed by atoms with Crippen LogP contribution in [0.15, 0.2) is 24.3 Å². The zero-order valence-electron chi connectivity index (χ0n) is 12.1. The first-order valence-corrected chi connectivity index (χ1v) is 6.52. The smallest absolute Gasteiger partial charge is 0.132 e. The average molecular weight is 276 g/mol.